The Hall–Kier alpha value is -0.900. The lowest BCUT2D eigenvalue weighted by atomic mass is 9.94. The van der Waals surface area contributed by atoms with Gasteiger partial charge >= 0.3 is 0 Å². The Bertz CT molecular complexity index is 571. The number of nitrogens with zero attached hydrogens (tertiary/aromatic N) is 3. The van der Waals surface area contributed by atoms with E-state index in [0.29, 0.717) is 23.2 Å². The molecule has 1 heterocycles. The number of hydrogen-bond acceptors (Lipinski definition) is 4. The molecule has 1 aromatic rings. The maximum absolute atomic E-state index is 6.37. The van der Waals surface area contributed by atoms with Crippen LogP contribution in [0.15, 0.2) is 0 Å². The van der Waals surface area contributed by atoms with E-state index < -0.39 is 0 Å². The molecule has 1 N–H and O–H groups in total. The summed E-state index contributed by atoms with van der Waals surface area (Å²) in [6.45, 7) is 0. The van der Waals surface area contributed by atoms with Gasteiger partial charge in [-0.05, 0) is 37.3 Å². The predicted octanol–water partition coefficient (Wildman–Crippen LogP) is 8.22. The highest BCUT2D eigenvalue weighted by Crippen LogP contribution is 2.29. The Morgan fingerprint density at radius 3 is 1.47 bits per heavy atom. The van der Waals surface area contributed by atoms with Gasteiger partial charge in [0, 0.05) is 12.0 Å². The van der Waals surface area contributed by atoms with E-state index in [2.05, 4.69) is 15.3 Å². The lowest BCUT2D eigenvalue weighted by Gasteiger charge is -2.20. The minimum Gasteiger partial charge on any atom is -0.351 e. The van der Waals surface area contributed by atoms with Gasteiger partial charge in [-0.25, -0.2) is 4.98 Å². The first kappa shape index (κ1) is 23.8. The number of hydrogen-bond donors (Lipinski definition) is 1. The van der Waals surface area contributed by atoms with Crippen LogP contribution in [-0.4, -0.2) is 21.0 Å². The summed E-state index contributed by atoms with van der Waals surface area (Å²) in [5.41, 5.74) is 0. The molecule has 0 aromatic carbocycles. The van der Waals surface area contributed by atoms with Gasteiger partial charge in [0.1, 0.15) is 5.82 Å². The molecule has 2 saturated carbocycles. The molecule has 0 bridgehead atoms. The Kier molecular flexibility index (Phi) is 11.3. The summed E-state index contributed by atoms with van der Waals surface area (Å²) in [6.07, 6.45) is 26.4. The monoisotopic (exact) mass is 434 g/mol. The molecule has 0 spiro atoms. The number of nitrogens with one attached hydrogen (secondary N) is 1. The van der Waals surface area contributed by atoms with Gasteiger partial charge in [-0.3, -0.25) is 0 Å². The van der Waals surface area contributed by atoms with Crippen molar-refractivity contribution in [3.8, 4) is 0 Å². The van der Waals surface area contributed by atoms with E-state index >= 15 is 0 Å². The van der Waals surface area contributed by atoms with Crippen molar-refractivity contribution in [2.75, 3.05) is 5.32 Å². The predicted molar refractivity (Wildman–Crippen MR) is 127 cm³/mol. The highest BCUT2D eigenvalue weighted by molar-refractivity contribution is 6.28. The molecule has 0 amide bonds. The molecule has 0 saturated heterocycles. The molecule has 170 valence electrons. The summed E-state index contributed by atoms with van der Waals surface area (Å²) in [6, 6.07) is 0.460. The summed E-state index contributed by atoms with van der Waals surface area (Å²) in [4.78, 5) is 13.9. The fraction of sp³-hybridized carbons (Fsp3) is 0.880. The zero-order valence-corrected chi connectivity index (χ0v) is 19.8. The first-order chi connectivity index (χ1) is 14.8. The molecule has 4 nitrogen and oxygen atoms in total. The van der Waals surface area contributed by atoms with Crippen LogP contribution in [0.1, 0.15) is 140 Å². The number of anilines is 1. The Labute approximate surface area is 189 Å². The van der Waals surface area contributed by atoms with Crippen molar-refractivity contribution < 1.29 is 0 Å². The van der Waals surface area contributed by atoms with Crippen LogP contribution < -0.4 is 5.32 Å². The molecule has 2 aliphatic carbocycles. The molecular formula is C25H43ClN4. The van der Waals surface area contributed by atoms with Crippen LogP contribution in [0, 0.1) is 0 Å². The van der Waals surface area contributed by atoms with Gasteiger partial charge in [0.15, 0.2) is 0 Å². The smallest absolute Gasteiger partial charge is 0.227 e. The highest BCUT2D eigenvalue weighted by atomic mass is 35.5. The van der Waals surface area contributed by atoms with Crippen molar-refractivity contribution in [1.82, 2.24) is 15.0 Å². The van der Waals surface area contributed by atoms with Crippen molar-refractivity contribution >= 4 is 17.5 Å². The van der Waals surface area contributed by atoms with Gasteiger partial charge in [-0.1, -0.05) is 103 Å². The molecule has 30 heavy (non-hydrogen) atoms. The maximum atomic E-state index is 6.37. The van der Waals surface area contributed by atoms with E-state index in [9.17, 15) is 0 Å². The third-order valence-electron chi connectivity index (χ3n) is 7.03. The normalized spacial score (nSPS) is 22.6. The summed E-state index contributed by atoms with van der Waals surface area (Å²) in [7, 11) is 0. The minimum absolute atomic E-state index is 0.355. The van der Waals surface area contributed by atoms with E-state index in [-0.39, 0.29) is 0 Å². The second-order valence-electron chi connectivity index (χ2n) is 9.64. The highest BCUT2D eigenvalue weighted by Gasteiger charge is 2.19. The molecule has 3 rings (SSSR count). The fourth-order valence-corrected chi connectivity index (χ4v) is 5.34. The third kappa shape index (κ3) is 9.08. The van der Waals surface area contributed by atoms with Crippen LogP contribution >= 0.6 is 11.6 Å². The Morgan fingerprint density at radius 1 is 0.533 bits per heavy atom. The Balaban J connectivity index is 1.64. The molecule has 5 heteroatoms. The van der Waals surface area contributed by atoms with Crippen LogP contribution in [0.5, 0.6) is 0 Å². The summed E-state index contributed by atoms with van der Waals surface area (Å²) < 4.78 is 0. The molecule has 1 aromatic heterocycles. The lowest BCUT2D eigenvalue weighted by molar-refractivity contribution is 0.491. The van der Waals surface area contributed by atoms with E-state index in [4.69, 9.17) is 16.6 Å². The summed E-state index contributed by atoms with van der Waals surface area (Å²) in [5, 5.41) is 4.01. The van der Waals surface area contributed by atoms with Gasteiger partial charge in [0.05, 0.1) is 0 Å². The molecule has 2 fully saturated rings. The topological polar surface area (TPSA) is 50.7 Å². The Morgan fingerprint density at radius 2 is 0.967 bits per heavy atom. The molecule has 0 atom stereocenters. The molecule has 2 aliphatic rings. The zero-order chi connectivity index (χ0) is 20.9. The number of aromatic nitrogens is 3. The minimum atomic E-state index is 0.355. The fourth-order valence-electron chi connectivity index (χ4n) is 5.17. The van der Waals surface area contributed by atoms with Crippen LogP contribution in [0.4, 0.5) is 5.95 Å². The van der Waals surface area contributed by atoms with E-state index in [1.807, 2.05) is 0 Å². The summed E-state index contributed by atoms with van der Waals surface area (Å²) in [5.74, 6) is 2.06. The molecule has 0 aliphatic heterocycles. The van der Waals surface area contributed by atoms with E-state index in [1.165, 1.54) is 128 Å². The summed E-state index contributed by atoms with van der Waals surface area (Å²) >= 11 is 6.37. The van der Waals surface area contributed by atoms with Gasteiger partial charge in [-0.15, -0.1) is 0 Å². The van der Waals surface area contributed by atoms with Crippen LogP contribution in [0.2, 0.25) is 5.28 Å². The molecule has 0 radical (unpaired) electrons. The van der Waals surface area contributed by atoms with E-state index in [1.54, 1.807) is 0 Å². The van der Waals surface area contributed by atoms with Crippen molar-refractivity contribution in [2.45, 2.75) is 140 Å². The first-order valence-electron chi connectivity index (χ1n) is 13.0. The first-order valence-corrected chi connectivity index (χ1v) is 13.4. The molecule has 0 unspecified atom stereocenters. The van der Waals surface area contributed by atoms with Gasteiger partial charge in [0.2, 0.25) is 11.2 Å². The van der Waals surface area contributed by atoms with Crippen molar-refractivity contribution in [3.63, 3.8) is 0 Å². The van der Waals surface area contributed by atoms with Crippen molar-refractivity contribution in [3.05, 3.63) is 11.1 Å². The van der Waals surface area contributed by atoms with Crippen LogP contribution in [0.25, 0.3) is 0 Å². The number of halogens is 1. The number of rotatable bonds is 3. The average Bonchev–Trinajstić information content (AvgIpc) is 2.84. The lowest BCUT2D eigenvalue weighted by Crippen LogP contribution is -2.22. The van der Waals surface area contributed by atoms with E-state index in [0.717, 1.165) is 5.82 Å². The zero-order valence-electron chi connectivity index (χ0n) is 19.0. The van der Waals surface area contributed by atoms with Crippen molar-refractivity contribution in [2.24, 2.45) is 0 Å². The second kappa shape index (κ2) is 14.2. The van der Waals surface area contributed by atoms with Crippen molar-refractivity contribution in [1.29, 1.82) is 0 Å². The van der Waals surface area contributed by atoms with Crippen LogP contribution in [-0.2, 0) is 0 Å². The largest absolute Gasteiger partial charge is 0.351 e. The van der Waals surface area contributed by atoms with Gasteiger partial charge < -0.3 is 5.32 Å². The standard InChI is InChI=1S/C25H43ClN4/c26-24-28-23(21-17-13-9-5-1-2-6-10-14-18-21)29-25(30-24)27-22-19-15-11-7-3-4-8-12-16-20-22/h21-22H,1-20H2,(H,27,28,29,30). The van der Waals surface area contributed by atoms with Gasteiger partial charge in [0.25, 0.3) is 0 Å². The maximum Gasteiger partial charge on any atom is 0.227 e. The van der Waals surface area contributed by atoms with Gasteiger partial charge in [-0.2, -0.15) is 9.97 Å². The SMILES string of the molecule is Clc1nc(NC2CCCCCCCCCC2)nc(C2CCCCCCCCCC2)n1. The van der Waals surface area contributed by atoms with Crippen LogP contribution in [0.3, 0.4) is 0 Å². The second-order valence-corrected chi connectivity index (χ2v) is 9.97. The molecular weight excluding hydrogens is 392 g/mol. The third-order valence-corrected chi connectivity index (χ3v) is 7.20. The quantitative estimate of drug-likeness (QED) is 0.520. The average molecular weight is 435 g/mol.